The number of aliphatic hydroxyl groups is 6. The van der Waals surface area contributed by atoms with Crippen LogP contribution >= 0.6 is 0 Å². The van der Waals surface area contributed by atoms with E-state index in [0.29, 0.717) is 5.56 Å². The molecular formula is C32H48O6. The lowest BCUT2D eigenvalue weighted by Crippen LogP contribution is -2.66. The lowest BCUT2D eigenvalue weighted by Gasteiger charge is -2.46. The smallest absolute Gasteiger partial charge is 0.126 e. The van der Waals surface area contributed by atoms with Crippen molar-refractivity contribution in [2.45, 2.75) is 108 Å². The van der Waals surface area contributed by atoms with Crippen molar-refractivity contribution in [2.24, 2.45) is 0 Å². The average Bonchev–Trinajstić information content (AvgIpc) is 2.85. The van der Waals surface area contributed by atoms with Crippen molar-refractivity contribution in [1.29, 1.82) is 0 Å². The van der Waals surface area contributed by atoms with E-state index in [0.717, 1.165) is 16.7 Å². The van der Waals surface area contributed by atoms with Gasteiger partial charge in [0.15, 0.2) is 0 Å². The van der Waals surface area contributed by atoms with Crippen molar-refractivity contribution in [3.63, 3.8) is 0 Å². The van der Waals surface area contributed by atoms with Crippen LogP contribution in [-0.2, 0) is 23.7 Å². The van der Waals surface area contributed by atoms with Gasteiger partial charge < -0.3 is 30.6 Å². The van der Waals surface area contributed by atoms with Crippen LogP contribution in [0.4, 0.5) is 0 Å². The van der Waals surface area contributed by atoms with Crippen molar-refractivity contribution >= 4 is 0 Å². The van der Waals surface area contributed by atoms with Crippen LogP contribution in [0.1, 0.15) is 77.1 Å². The zero-order chi connectivity index (χ0) is 28.9. The van der Waals surface area contributed by atoms with E-state index in [9.17, 15) is 30.6 Å². The number of allylic oxidation sites excluding steroid dienone is 1. The van der Waals surface area contributed by atoms with Gasteiger partial charge in [-0.15, -0.1) is 0 Å². The van der Waals surface area contributed by atoms with E-state index in [4.69, 9.17) is 0 Å². The summed E-state index contributed by atoms with van der Waals surface area (Å²) in [4.78, 5) is 0. The third-order valence-electron chi connectivity index (χ3n) is 7.37. The molecule has 0 bridgehead atoms. The van der Waals surface area contributed by atoms with Crippen LogP contribution in [0.15, 0.2) is 60.7 Å². The summed E-state index contributed by atoms with van der Waals surface area (Å²) in [6, 6.07) is 15.1. The molecule has 1 unspecified atom stereocenters. The summed E-state index contributed by atoms with van der Waals surface area (Å²) in [6.45, 7) is 13.2. The number of benzene rings is 2. The van der Waals surface area contributed by atoms with Crippen molar-refractivity contribution in [1.82, 2.24) is 0 Å². The number of hydrogen-bond donors (Lipinski definition) is 6. The summed E-state index contributed by atoms with van der Waals surface area (Å²) in [7, 11) is 0. The fourth-order valence-corrected chi connectivity index (χ4v) is 5.31. The first-order valence-corrected chi connectivity index (χ1v) is 13.4. The second kappa shape index (κ2) is 12.4. The van der Waals surface area contributed by atoms with Gasteiger partial charge in [-0.25, -0.2) is 0 Å². The highest BCUT2D eigenvalue weighted by Crippen LogP contribution is 2.38. The van der Waals surface area contributed by atoms with Gasteiger partial charge in [-0.1, -0.05) is 102 Å². The minimum Gasteiger partial charge on any atom is -0.394 e. The second-order valence-corrected chi connectivity index (χ2v) is 12.6. The molecular weight excluding hydrogens is 480 g/mol. The predicted molar refractivity (Wildman–Crippen MR) is 152 cm³/mol. The van der Waals surface area contributed by atoms with Crippen molar-refractivity contribution in [2.75, 3.05) is 6.61 Å². The zero-order valence-corrected chi connectivity index (χ0v) is 24.0. The third kappa shape index (κ3) is 7.32. The lowest BCUT2D eigenvalue weighted by atomic mass is 9.69. The van der Waals surface area contributed by atoms with E-state index >= 15 is 0 Å². The monoisotopic (exact) mass is 528 g/mol. The normalized spacial score (nSPS) is 18.6. The first kappa shape index (κ1) is 32.2. The number of hydrogen-bond acceptors (Lipinski definition) is 6. The van der Waals surface area contributed by atoms with Crippen LogP contribution in [0.5, 0.6) is 0 Å². The van der Waals surface area contributed by atoms with E-state index in [1.54, 1.807) is 31.2 Å². The first-order valence-electron chi connectivity index (χ1n) is 13.4. The quantitative estimate of drug-likeness (QED) is 0.248. The van der Waals surface area contributed by atoms with Crippen molar-refractivity contribution < 1.29 is 30.6 Å². The zero-order valence-electron chi connectivity index (χ0n) is 24.0. The Morgan fingerprint density at radius 1 is 0.737 bits per heavy atom. The maximum Gasteiger partial charge on any atom is 0.126 e. The molecule has 0 heterocycles. The molecule has 0 aliphatic rings. The van der Waals surface area contributed by atoms with Gasteiger partial charge in [0.25, 0.3) is 0 Å². The molecule has 6 heteroatoms. The van der Waals surface area contributed by atoms with Gasteiger partial charge in [-0.05, 0) is 46.4 Å². The van der Waals surface area contributed by atoms with Crippen molar-refractivity contribution in [3.05, 3.63) is 82.9 Å². The van der Waals surface area contributed by atoms with Crippen LogP contribution in [0.25, 0.3) is 0 Å². The second-order valence-electron chi connectivity index (χ2n) is 12.6. The molecule has 6 nitrogen and oxygen atoms in total. The molecule has 2 aromatic carbocycles. The Bertz CT molecular complexity index is 1070. The molecule has 0 saturated heterocycles. The van der Waals surface area contributed by atoms with Crippen molar-refractivity contribution in [3.8, 4) is 0 Å². The molecule has 0 aromatic heterocycles. The summed E-state index contributed by atoms with van der Waals surface area (Å²) < 4.78 is 0. The number of aliphatic hydroxyl groups excluding tert-OH is 4. The summed E-state index contributed by atoms with van der Waals surface area (Å²) in [5, 5.41) is 67.2. The molecule has 2 rings (SSSR count). The van der Waals surface area contributed by atoms with Gasteiger partial charge in [-0.2, -0.15) is 0 Å². The van der Waals surface area contributed by atoms with E-state index in [2.05, 4.69) is 20.8 Å². The first-order chi connectivity index (χ1) is 17.5. The average molecular weight is 529 g/mol. The van der Waals surface area contributed by atoms with Crippen LogP contribution in [-0.4, -0.2) is 66.8 Å². The SMILES string of the molecule is C/C=C/CC(O)(Cc1ccccc1C(C)(C)C)[C@@H](O)[C@@](O)(Cc1ccccc1C(C)(C)C)[C@H](O)[C@@H](O)CO. The molecule has 6 N–H and O–H groups in total. The van der Waals surface area contributed by atoms with E-state index in [1.165, 1.54) is 0 Å². The number of rotatable bonds is 11. The minimum absolute atomic E-state index is 0.00286. The van der Waals surface area contributed by atoms with E-state index in [1.807, 2.05) is 57.2 Å². The molecule has 0 spiro atoms. The largest absolute Gasteiger partial charge is 0.394 e. The van der Waals surface area contributed by atoms with Gasteiger partial charge in [-0.3, -0.25) is 0 Å². The molecule has 0 saturated carbocycles. The summed E-state index contributed by atoms with van der Waals surface area (Å²) in [6.07, 6.45) is -2.36. The Kier molecular flexibility index (Phi) is 10.5. The Hall–Kier alpha value is -2.06. The summed E-state index contributed by atoms with van der Waals surface area (Å²) in [5.41, 5.74) is -1.50. The molecule has 38 heavy (non-hydrogen) atoms. The molecule has 0 aliphatic carbocycles. The van der Waals surface area contributed by atoms with Gasteiger partial charge >= 0.3 is 0 Å². The predicted octanol–water partition coefficient (Wildman–Crippen LogP) is 3.57. The lowest BCUT2D eigenvalue weighted by molar-refractivity contribution is -0.228. The molecule has 212 valence electrons. The Labute approximate surface area is 228 Å². The molecule has 0 fully saturated rings. The molecule has 0 amide bonds. The van der Waals surface area contributed by atoms with Crippen LogP contribution < -0.4 is 0 Å². The fourth-order valence-electron chi connectivity index (χ4n) is 5.31. The maximum atomic E-state index is 12.1. The Balaban J connectivity index is 2.70. The molecule has 2 aromatic rings. The molecule has 5 atom stereocenters. The summed E-state index contributed by atoms with van der Waals surface area (Å²) in [5.74, 6) is 0. The minimum atomic E-state index is -2.39. The van der Waals surface area contributed by atoms with Gasteiger partial charge in [0.05, 0.1) is 6.61 Å². The van der Waals surface area contributed by atoms with Crippen LogP contribution in [0.2, 0.25) is 0 Å². The van der Waals surface area contributed by atoms with Gasteiger partial charge in [0, 0.05) is 12.8 Å². The molecule has 0 aliphatic heterocycles. The van der Waals surface area contributed by atoms with E-state index in [-0.39, 0.29) is 30.1 Å². The Morgan fingerprint density at radius 3 is 1.61 bits per heavy atom. The summed E-state index contributed by atoms with van der Waals surface area (Å²) >= 11 is 0. The van der Waals surface area contributed by atoms with Gasteiger partial charge in [0.2, 0.25) is 0 Å². The Morgan fingerprint density at radius 2 is 1.18 bits per heavy atom. The highest BCUT2D eigenvalue weighted by Gasteiger charge is 2.54. The molecule has 0 radical (unpaired) electrons. The van der Waals surface area contributed by atoms with Crippen LogP contribution in [0.3, 0.4) is 0 Å². The fraction of sp³-hybridized carbons (Fsp3) is 0.562. The highest BCUT2D eigenvalue weighted by atomic mass is 16.4. The van der Waals surface area contributed by atoms with Crippen LogP contribution in [0, 0.1) is 0 Å². The standard InChI is InChI=1S/C32H48O6/c1-8-9-18-31(37,19-22-14-10-12-16-24(22)29(2,3)4)28(36)32(38,27(35)26(34)21-33)20-23-15-11-13-17-25(23)30(5,6)7/h8-17,26-28,33-38H,18-21H2,1-7H3/b9-8+/t26-,27+,28+,31?,32+/m0/s1. The van der Waals surface area contributed by atoms with E-state index < -0.39 is 36.1 Å². The highest BCUT2D eigenvalue weighted by molar-refractivity contribution is 5.37. The van der Waals surface area contributed by atoms with Gasteiger partial charge in [0.1, 0.15) is 29.5 Å². The third-order valence-corrected chi connectivity index (χ3v) is 7.37. The maximum absolute atomic E-state index is 12.1. The topological polar surface area (TPSA) is 121 Å².